The molecule has 1 N–H and O–H groups in total. The zero-order valence-corrected chi connectivity index (χ0v) is 15.4. The van der Waals surface area contributed by atoms with Crippen molar-refractivity contribution in [3.05, 3.63) is 72.4 Å². The lowest BCUT2D eigenvalue weighted by atomic mass is 9.96. The number of fused-ring (bicyclic) bond motifs is 1. The third-order valence-electron chi connectivity index (χ3n) is 4.55. The van der Waals surface area contributed by atoms with Crippen LogP contribution in [0, 0.1) is 5.92 Å². The van der Waals surface area contributed by atoms with E-state index in [1.165, 1.54) is 0 Å². The number of para-hydroxylation sites is 1. The first-order valence-electron chi connectivity index (χ1n) is 9.01. The molecule has 0 unspecified atom stereocenters. The van der Waals surface area contributed by atoms with Crippen LogP contribution in [0.3, 0.4) is 0 Å². The van der Waals surface area contributed by atoms with Gasteiger partial charge in [-0.1, -0.05) is 18.2 Å². The molecule has 0 radical (unpaired) electrons. The molecule has 6 heteroatoms. The van der Waals surface area contributed by atoms with Crippen molar-refractivity contribution < 1.29 is 19.0 Å². The van der Waals surface area contributed by atoms with Crippen molar-refractivity contribution in [2.24, 2.45) is 5.92 Å². The minimum Gasteiger partial charge on any atom is -0.497 e. The molecule has 6 nitrogen and oxygen atoms in total. The first-order chi connectivity index (χ1) is 13.7. The summed E-state index contributed by atoms with van der Waals surface area (Å²) in [5.74, 6) is 2.12. The van der Waals surface area contributed by atoms with E-state index >= 15 is 0 Å². The Morgan fingerprint density at radius 1 is 1.07 bits per heavy atom. The van der Waals surface area contributed by atoms with Gasteiger partial charge in [0.25, 0.3) is 0 Å². The van der Waals surface area contributed by atoms with Crippen molar-refractivity contribution in [3.63, 3.8) is 0 Å². The summed E-state index contributed by atoms with van der Waals surface area (Å²) >= 11 is 0. The quantitative estimate of drug-likeness (QED) is 0.727. The topological polar surface area (TPSA) is 69.7 Å². The van der Waals surface area contributed by atoms with Crippen molar-refractivity contribution in [1.82, 2.24) is 4.98 Å². The van der Waals surface area contributed by atoms with Crippen molar-refractivity contribution in [3.8, 4) is 23.1 Å². The maximum atomic E-state index is 12.8. The molecule has 0 saturated carbocycles. The molecular formula is C22H20N2O4. The number of nitrogens with one attached hydrogen (secondary N) is 1. The van der Waals surface area contributed by atoms with Gasteiger partial charge in [-0.25, -0.2) is 4.98 Å². The molecule has 142 valence electrons. The van der Waals surface area contributed by atoms with Gasteiger partial charge in [-0.2, -0.15) is 0 Å². The summed E-state index contributed by atoms with van der Waals surface area (Å²) in [4.78, 5) is 17.0. The van der Waals surface area contributed by atoms with Gasteiger partial charge in [-0.3, -0.25) is 4.79 Å². The standard InChI is InChI=1S/C22H20N2O4/c1-26-17-8-10-18(11-9-17)28-22-19(6-4-12-23-22)24-21(25)16-13-15-5-2-3-7-20(15)27-14-16/h2-12,16H,13-14H2,1H3,(H,24,25)/t16-/m0/s1. The zero-order chi connectivity index (χ0) is 19.3. The summed E-state index contributed by atoms with van der Waals surface area (Å²) in [6, 6.07) is 18.5. The van der Waals surface area contributed by atoms with E-state index in [0.29, 0.717) is 30.3 Å². The molecule has 1 aliphatic rings. The van der Waals surface area contributed by atoms with E-state index < -0.39 is 0 Å². The van der Waals surface area contributed by atoms with Crippen LogP contribution < -0.4 is 19.5 Å². The summed E-state index contributed by atoms with van der Waals surface area (Å²) < 4.78 is 16.7. The van der Waals surface area contributed by atoms with E-state index in [4.69, 9.17) is 14.2 Å². The number of pyridine rings is 1. The van der Waals surface area contributed by atoms with Gasteiger partial charge in [0.15, 0.2) is 0 Å². The van der Waals surface area contributed by atoms with Gasteiger partial charge in [0.05, 0.1) is 13.0 Å². The molecule has 0 fully saturated rings. The second-order valence-corrected chi connectivity index (χ2v) is 6.44. The van der Waals surface area contributed by atoms with Crippen molar-refractivity contribution in [2.45, 2.75) is 6.42 Å². The largest absolute Gasteiger partial charge is 0.497 e. The summed E-state index contributed by atoms with van der Waals surface area (Å²) in [7, 11) is 1.61. The third-order valence-corrected chi connectivity index (χ3v) is 4.55. The fraction of sp³-hybridized carbons (Fsp3) is 0.182. The van der Waals surface area contributed by atoms with E-state index in [9.17, 15) is 4.79 Å². The highest BCUT2D eigenvalue weighted by Gasteiger charge is 2.26. The lowest BCUT2D eigenvalue weighted by molar-refractivity contribution is -0.121. The molecule has 3 aromatic rings. The molecule has 1 amide bonds. The Kier molecular flexibility index (Phi) is 5.10. The molecule has 0 aliphatic carbocycles. The van der Waals surface area contributed by atoms with E-state index in [0.717, 1.165) is 17.1 Å². The summed E-state index contributed by atoms with van der Waals surface area (Å²) in [5.41, 5.74) is 1.55. The van der Waals surface area contributed by atoms with Crippen molar-refractivity contribution in [1.29, 1.82) is 0 Å². The second kappa shape index (κ2) is 8.00. The molecule has 1 aromatic heterocycles. The predicted molar refractivity (Wildman–Crippen MR) is 105 cm³/mol. The number of ether oxygens (including phenoxy) is 3. The second-order valence-electron chi connectivity index (χ2n) is 6.44. The molecule has 0 spiro atoms. The van der Waals surface area contributed by atoms with E-state index in [-0.39, 0.29) is 11.8 Å². The lowest BCUT2D eigenvalue weighted by Gasteiger charge is -2.24. The van der Waals surface area contributed by atoms with Crippen molar-refractivity contribution in [2.75, 3.05) is 19.0 Å². The fourth-order valence-electron chi connectivity index (χ4n) is 3.05. The summed E-state index contributed by atoms with van der Waals surface area (Å²) in [5, 5.41) is 2.92. The number of methoxy groups -OCH3 is 1. The van der Waals surface area contributed by atoms with Gasteiger partial charge < -0.3 is 19.5 Å². The number of aromatic nitrogens is 1. The molecule has 28 heavy (non-hydrogen) atoms. The maximum Gasteiger partial charge on any atom is 0.243 e. The van der Waals surface area contributed by atoms with Crippen LogP contribution in [0.1, 0.15) is 5.56 Å². The molecule has 1 atom stereocenters. The number of anilines is 1. The first kappa shape index (κ1) is 17.9. The predicted octanol–water partition coefficient (Wildman–Crippen LogP) is 4.07. The molecule has 2 heterocycles. The van der Waals surface area contributed by atoms with Gasteiger partial charge in [0, 0.05) is 6.20 Å². The average molecular weight is 376 g/mol. The smallest absolute Gasteiger partial charge is 0.243 e. The molecular weight excluding hydrogens is 356 g/mol. The Balaban J connectivity index is 1.47. The van der Waals surface area contributed by atoms with Gasteiger partial charge in [0.2, 0.25) is 11.8 Å². The monoisotopic (exact) mass is 376 g/mol. The van der Waals surface area contributed by atoms with E-state index in [1.54, 1.807) is 49.7 Å². The van der Waals surface area contributed by atoms with Crippen LogP contribution in [0.25, 0.3) is 0 Å². The Morgan fingerprint density at radius 3 is 2.68 bits per heavy atom. The normalized spacial score (nSPS) is 15.1. The maximum absolute atomic E-state index is 12.8. The molecule has 0 bridgehead atoms. The highest BCUT2D eigenvalue weighted by molar-refractivity contribution is 5.94. The number of nitrogens with zero attached hydrogens (tertiary/aromatic N) is 1. The number of hydrogen-bond acceptors (Lipinski definition) is 5. The minimum atomic E-state index is -0.274. The number of benzene rings is 2. The van der Waals surface area contributed by atoms with Crippen LogP contribution in [-0.4, -0.2) is 24.6 Å². The van der Waals surface area contributed by atoms with Gasteiger partial charge in [0.1, 0.15) is 29.5 Å². The Labute approximate surface area is 163 Å². The van der Waals surface area contributed by atoms with E-state index in [1.807, 2.05) is 24.3 Å². The number of carbonyl (C=O) groups is 1. The van der Waals surface area contributed by atoms with Gasteiger partial charge in [-0.05, 0) is 54.4 Å². The Morgan fingerprint density at radius 2 is 1.86 bits per heavy atom. The van der Waals surface area contributed by atoms with Crippen LogP contribution in [0.15, 0.2) is 66.9 Å². The van der Waals surface area contributed by atoms with Crippen molar-refractivity contribution >= 4 is 11.6 Å². The minimum absolute atomic E-state index is 0.123. The summed E-state index contributed by atoms with van der Waals surface area (Å²) in [6.07, 6.45) is 2.26. The van der Waals surface area contributed by atoms with Crippen LogP contribution in [0.5, 0.6) is 23.1 Å². The number of carbonyl (C=O) groups excluding carboxylic acids is 1. The molecule has 0 saturated heterocycles. The molecule has 2 aromatic carbocycles. The van der Waals surface area contributed by atoms with Gasteiger partial charge in [-0.15, -0.1) is 0 Å². The third kappa shape index (κ3) is 3.91. The highest BCUT2D eigenvalue weighted by atomic mass is 16.5. The Hall–Kier alpha value is -3.54. The zero-order valence-electron chi connectivity index (χ0n) is 15.4. The first-order valence-corrected chi connectivity index (χ1v) is 9.01. The Bertz CT molecular complexity index is 972. The molecule has 1 aliphatic heterocycles. The fourth-order valence-corrected chi connectivity index (χ4v) is 3.05. The van der Waals surface area contributed by atoms with Gasteiger partial charge >= 0.3 is 0 Å². The number of hydrogen-bond donors (Lipinski definition) is 1. The lowest BCUT2D eigenvalue weighted by Crippen LogP contribution is -2.32. The van der Waals surface area contributed by atoms with Crippen LogP contribution in [-0.2, 0) is 11.2 Å². The van der Waals surface area contributed by atoms with Crippen LogP contribution >= 0.6 is 0 Å². The number of rotatable bonds is 5. The highest BCUT2D eigenvalue weighted by Crippen LogP contribution is 2.30. The van der Waals surface area contributed by atoms with E-state index in [2.05, 4.69) is 10.3 Å². The molecule has 4 rings (SSSR count). The number of amides is 1. The SMILES string of the molecule is COc1ccc(Oc2ncccc2NC(=O)[C@@H]2COc3ccccc3C2)cc1. The van der Waals surface area contributed by atoms with Crippen LogP contribution in [0.4, 0.5) is 5.69 Å². The summed E-state index contributed by atoms with van der Waals surface area (Å²) in [6.45, 7) is 0.345. The average Bonchev–Trinajstić information content (AvgIpc) is 2.75. The van der Waals surface area contributed by atoms with Crippen LogP contribution in [0.2, 0.25) is 0 Å².